The van der Waals surface area contributed by atoms with Gasteiger partial charge >= 0.3 is 6.09 Å². The summed E-state index contributed by atoms with van der Waals surface area (Å²) in [4.78, 5) is 14.0. The van der Waals surface area contributed by atoms with Crippen LogP contribution in [-0.2, 0) is 10.2 Å². The van der Waals surface area contributed by atoms with Crippen molar-refractivity contribution in [2.75, 3.05) is 18.8 Å². The van der Waals surface area contributed by atoms with Gasteiger partial charge in [0, 0.05) is 24.2 Å². The predicted molar refractivity (Wildman–Crippen MR) is 87.5 cm³/mol. The van der Waals surface area contributed by atoms with Gasteiger partial charge in [0.1, 0.15) is 5.60 Å². The Hall–Kier alpha value is -1.97. The number of nitrogen functional groups attached to an aromatic ring is 1. The third-order valence-corrected chi connectivity index (χ3v) is 4.81. The minimum Gasteiger partial charge on any atom is -0.444 e. The van der Waals surface area contributed by atoms with Gasteiger partial charge in [-0.2, -0.15) is 0 Å². The third kappa shape index (κ3) is 2.27. The summed E-state index contributed by atoms with van der Waals surface area (Å²) in [5.41, 5.74) is 7.41. The highest BCUT2D eigenvalue weighted by molar-refractivity contribution is 5.69. The van der Waals surface area contributed by atoms with Crippen molar-refractivity contribution in [1.29, 1.82) is 0 Å². The molecule has 4 heteroatoms. The Bertz CT molecular complexity index is 606. The molecule has 3 rings (SSSR count). The molecule has 1 unspecified atom stereocenters. The molecule has 3 atom stereocenters. The van der Waals surface area contributed by atoms with E-state index in [-0.39, 0.29) is 11.5 Å². The summed E-state index contributed by atoms with van der Waals surface area (Å²) in [6.07, 6.45) is 1.81. The summed E-state index contributed by atoms with van der Waals surface area (Å²) in [7, 11) is 0. The van der Waals surface area contributed by atoms with E-state index in [0.29, 0.717) is 11.8 Å². The van der Waals surface area contributed by atoms with Crippen LogP contribution in [0.2, 0.25) is 0 Å². The second-order valence-electron chi connectivity index (χ2n) is 7.36. The number of ether oxygens (including phenoxy) is 1. The van der Waals surface area contributed by atoms with E-state index in [2.05, 4.69) is 12.6 Å². The Kier molecular flexibility index (Phi) is 3.24. The fourth-order valence-corrected chi connectivity index (χ4v) is 3.80. The molecule has 1 aliphatic heterocycles. The Morgan fingerprint density at radius 3 is 2.55 bits per heavy atom. The summed E-state index contributed by atoms with van der Waals surface area (Å²) >= 11 is 0. The minimum atomic E-state index is -0.451. The highest BCUT2D eigenvalue weighted by Gasteiger charge is 2.68. The van der Waals surface area contributed by atoms with E-state index in [1.807, 2.05) is 49.9 Å². The van der Waals surface area contributed by atoms with Crippen LogP contribution in [0.5, 0.6) is 0 Å². The number of rotatable bonds is 2. The molecule has 0 bridgehead atoms. The van der Waals surface area contributed by atoms with E-state index in [0.717, 1.165) is 18.8 Å². The van der Waals surface area contributed by atoms with Gasteiger partial charge in [-0.25, -0.2) is 4.79 Å². The summed E-state index contributed by atoms with van der Waals surface area (Å²) in [6, 6.07) is 8.01. The fourth-order valence-electron chi connectivity index (χ4n) is 3.80. The number of likely N-dealkylation sites (tertiary alicyclic amines) is 1. The number of carbonyl (C=O) groups is 1. The standard InChI is InChI=1S/C18H24N2O2/c1-5-18(12-7-6-8-13(19)9-12)14-10-20(11-15(14)18)16(21)22-17(2,3)4/h5-9,14-15H,1,10-11,19H2,2-4H3/t14-,15+,18?. The van der Waals surface area contributed by atoms with Crippen LogP contribution < -0.4 is 5.73 Å². The Morgan fingerprint density at radius 2 is 2.05 bits per heavy atom. The molecule has 0 radical (unpaired) electrons. The lowest BCUT2D eigenvalue weighted by atomic mass is 9.90. The van der Waals surface area contributed by atoms with Crippen LogP contribution in [0.3, 0.4) is 0 Å². The van der Waals surface area contributed by atoms with Crippen molar-refractivity contribution >= 4 is 11.8 Å². The fraction of sp³-hybridized carbons (Fsp3) is 0.500. The molecule has 1 aliphatic carbocycles. The van der Waals surface area contributed by atoms with Crippen molar-refractivity contribution in [3.63, 3.8) is 0 Å². The molecule has 1 aromatic carbocycles. The predicted octanol–water partition coefficient (Wildman–Crippen LogP) is 3.19. The van der Waals surface area contributed by atoms with Crippen LogP contribution >= 0.6 is 0 Å². The first-order valence-corrected chi connectivity index (χ1v) is 7.75. The Balaban J connectivity index is 1.73. The first-order valence-electron chi connectivity index (χ1n) is 7.75. The maximum atomic E-state index is 12.2. The van der Waals surface area contributed by atoms with E-state index in [4.69, 9.17) is 10.5 Å². The molecule has 1 aromatic rings. The van der Waals surface area contributed by atoms with Gasteiger partial charge in [0.2, 0.25) is 0 Å². The van der Waals surface area contributed by atoms with E-state index in [1.54, 1.807) is 0 Å². The number of anilines is 1. The number of benzene rings is 1. The highest BCUT2D eigenvalue weighted by atomic mass is 16.6. The first kappa shape index (κ1) is 14.9. The summed E-state index contributed by atoms with van der Waals surface area (Å²) < 4.78 is 5.46. The second kappa shape index (κ2) is 4.77. The van der Waals surface area contributed by atoms with Crippen LogP contribution in [0.4, 0.5) is 10.5 Å². The molecule has 2 fully saturated rings. The third-order valence-electron chi connectivity index (χ3n) is 4.81. The zero-order chi connectivity index (χ0) is 16.1. The normalized spacial score (nSPS) is 29.9. The zero-order valence-corrected chi connectivity index (χ0v) is 13.5. The average molecular weight is 300 g/mol. The number of nitrogens with zero attached hydrogens (tertiary/aromatic N) is 1. The van der Waals surface area contributed by atoms with Crippen molar-refractivity contribution in [1.82, 2.24) is 4.90 Å². The van der Waals surface area contributed by atoms with Crippen molar-refractivity contribution in [2.24, 2.45) is 11.8 Å². The lowest BCUT2D eigenvalue weighted by molar-refractivity contribution is 0.0265. The van der Waals surface area contributed by atoms with Gasteiger partial charge in [0.15, 0.2) is 0 Å². The van der Waals surface area contributed by atoms with E-state index >= 15 is 0 Å². The van der Waals surface area contributed by atoms with Crippen LogP contribution in [0.25, 0.3) is 0 Å². The number of nitrogens with two attached hydrogens (primary N) is 1. The molecular formula is C18H24N2O2. The lowest BCUT2D eigenvalue weighted by Gasteiger charge is -2.28. The van der Waals surface area contributed by atoms with Gasteiger partial charge in [-0.15, -0.1) is 6.58 Å². The molecule has 0 spiro atoms. The van der Waals surface area contributed by atoms with Crippen molar-refractivity contribution in [2.45, 2.75) is 31.8 Å². The number of amides is 1. The molecule has 4 nitrogen and oxygen atoms in total. The molecule has 2 N–H and O–H groups in total. The van der Waals surface area contributed by atoms with Crippen molar-refractivity contribution < 1.29 is 9.53 Å². The highest BCUT2D eigenvalue weighted by Crippen LogP contribution is 2.64. The largest absolute Gasteiger partial charge is 0.444 e. The van der Waals surface area contributed by atoms with Gasteiger partial charge in [-0.1, -0.05) is 18.2 Å². The molecule has 0 aromatic heterocycles. The number of carbonyl (C=O) groups excluding carboxylic acids is 1. The number of fused-ring (bicyclic) bond motifs is 1. The first-order chi connectivity index (χ1) is 10.3. The molecule has 1 saturated heterocycles. The van der Waals surface area contributed by atoms with E-state index < -0.39 is 5.60 Å². The lowest BCUT2D eigenvalue weighted by Crippen LogP contribution is -2.38. The van der Waals surface area contributed by atoms with Gasteiger partial charge in [0.25, 0.3) is 0 Å². The zero-order valence-electron chi connectivity index (χ0n) is 13.5. The second-order valence-corrected chi connectivity index (χ2v) is 7.36. The minimum absolute atomic E-state index is 0.0338. The molecule has 2 aliphatic rings. The monoisotopic (exact) mass is 300 g/mol. The molecule has 118 valence electrons. The van der Waals surface area contributed by atoms with Gasteiger partial charge in [-0.3, -0.25) is 0 Å². The summed E-state index contributed by atoms with van der Waals surface area (Å²) in [5, 5.41) is 0. The molecule has 1 heterocycles. The maximum Gasteiger partial charge on any atom is 0.410 e. The average Bonchev–Trinajstić information content (AvgIpc) is 2.80. The maximum absolute atomic E-state index is 12.2. The summed E-state index contributed by atoms with van der Waals surface area (Å²) in [5.74, 6) is 0.832. The van der Waals surface area contributed by atoms with E-state index in [1.165, 1.54) is 5.56 Å². The van der Waals surface area contributed by atoms with Crippen LogP contribution in [0.15, 0.2) is 36.9 Å². The van der Waals surface area contributed by atoms with Crippen LogP contribution in [-0.4, -0.2) is 29.7 Å². The number of hydrogen-bond acceptors (Lipinski definition) is 3. The molecule has 1 amide bonds. The molecule has 1 saturated carbocycles. The number of allylic oxidation sites excluding steroid dienone is 1. The van der Waals surface area contributed by atoms with Gasteiger partial charge in [-0.05, 0) is 50.3 Å². The molecule has 22 heavy (non-hydrogen) atoms. The topological polar surface area (TPSA) is 55.6 Å². The van der Waals surface area contributed by atoms with Crippen LogP contribution in [0.1, 0.15) is 26.3 Å². The quantitative estimate of drug-likeness (QED) is 0.674. The van der Waals surface area contributed by atoms with E-state index in [9.17, 15) is 4.79 Å². The smallest absolute Gasteiger partial charge is 0.410 e. The number of hydrogen-bond donors (Lipinski definition) is 1. The van der Waals surface area contributed by atoms with Crippen molar-refractivity contribution in [3.05, 3.63) is 42.5 Å². The summed E-state index contributed by atoms with van der Waals surface area (Å²) in [6.45, 7) is 11.2. The SMILES string of the molecule is C=CC1(c2cccc(N)c2)[C@@H]2CN(C(=O)OC(C)(C)C)C[C@@H]21. The Morgan fingerprint density at radius 1 is 1.41 bits per heavy atom. The number of piperidine rings is 1. The van der Waals surface area contributed by atoms with Gasteiger partial charge in [0.05, 0.1) is 0 Å². The van der Waals surface area contributed by atoms with Crippen LogP contribution in [0, 0.1) is 11.8 Å². The Labute approximate surface area is 131 Å². The van der Waals surface area contributed by atoms with Crippen molar-refractivity contribution in [3.8, 4) is 0 Å². The molecular weight excluding hydrogens is 276 g/mol. The van der Waals surface area contributed by atoms with Gasteiger partial charge < -0.3 is 15.4 Å².